The van der Waals surface area contributed by atoms with Crippen molar-refractivity contribution >= 4 is 17.5 Å². The number of hydrogen-bond acceptors (Lipinski definition) is 3. The molecule has 0 saturated carbocycles. The molecule has 2 aromatic rings. The molecular formula is C17H20ClN3O2. The van der Waals surface area contributed by atoms with Gasteiger partial charge in [0, 0.05) is 25.9 Å². The lowest BCUT2D eigenvalue weighted by Gasteiger charge is -2.31. The Kier molecular flexibility index (Phi) is 4.98. The molecule has 0 aliphatic carbocycles. The minimum absolute atomic E-state index is 0.0363. The van der Waals surface area contributed by atoms with Crippen LogP contribution in [0.25, 0.3) is 5.69 Å². The van der Waals surface area contributed by atoms with Crippen LogP contribution in [0.3, 0.4) is 0 Å². The topological polar surface area (TPSA) is 47.4 Å². The SMILES string of the molecule is CCOC1CCN(C(=O)c2ccn(-c3ccccc3Cl)n2)CC1. The summed E-state index contributed by atoms with van der Waals surface area (Å²) in [5, 5.41) is 4.99. The Balaban J connectivity index is 1.69. The van der Waals surface area contributed by atoms with Crippen molar-refractivity contribution in [3.63, 3.8) is 0 Å². The van der Waals surface area contributed by atoms with Gasteiger partial charge in [0.2, 0.25) is 0 Å². The van der Waals surface area contributed by atoms with Gasteiger partial charge in [-0.15, -0.1) is 0 Å². The molecule has 5 nitrogen and oxygen atoms in total. The average molecular weight is 334 g/mol. The van der Waals surface area contributed by atoms with Crippen LogP contribution in [0, 0.1) is 0 Å². The lowest BCUT2D eigenvalue weighted by molar-refractivity contribution is 0.0144. The van der Waals surface area contributed by atoms with Crippen LogP contribution in [0.5, 0.6) is 0 Å². The Morgan fingerprint density at radius 2 is 2.04 bits per heavy atom. The van der Waals surface area contributed by atoms with Crippen LogP contribution < -0.4 is 0 Å². The minimum atomic E-state index is -0.0363. The third kappa shape index (κ3) is 3.57. The molecule has 6 heteroatoms. The van der Waals surface area contributed by atoms with Crippen LogP contribution in [-0.4, -0.2) is 46.4 Å². The standard InChI is InChI=1S/C17H20ClN3O2/c1-2-23-13-7-10-20(11-8-13)17(22)15-9-12-21(19-15)16-6-4-3-5-14(16)18/h3-6,9,12-13H,2,7-8,10-11H2,1H3. The van der Waals surface area contributed by atoms with Gasteiger partial charge in [-0.2, -0.15) is 5.10 Å². The number of carbonyl (C=O) groups is 1. The molecule has 23 heavy (non-hydrogen) atoms. The molecule has 1 aliphatic rings. The van der Waals surface area contributed by atoms with Crippen molar-refractivity contribution in [1.29, 1.82) is 0 Å². The summed E-state index contributed by atoms with van der Waals surface area (Å²) >= 11 is 6.17. The molecule has 1 amide bonds. The molecule has 0 bridgehead atoms. The van der Waals surface area contributed by atoms with E-state index in [1.54, 1.807) is 23.0 Å². The van der Waals surface area contributed by atoms with Gasteiger partial charge in [-0.3, -0.25) is 4.79 Å². The van der Waals surface area contributed by atoms with Crippen LogP contribution in [0.1, 0.15) is 30.3 Å². The zero-order valence-corrected chi connectivity index (χ0v) is 13.9. The third-order valence-corrected chi connectivity index (χ3v) is 4.36. The molecule has 122 valence electrons. The normalized spacial score (nSPS) is 15.8. The first-order valence-electron chi connectivity index (χ1n) is 7.90. The predicted molar refractivity (Wildman–Crippen MR) is 89.1 cm³/mol. The molecule has 0 spiro atoms. The van der Waals surface area contributed by atoms with E-state index in [0.29, 0.717) is 23.8 Å². The van der Waals surface area contributed by atoms with Gasteiger partial charge in [0.1, 0.15) is 0 Å². The number of carbonyl (C=O) groups excluding carboxylic acids is 1. The largest absolute Gasteiger partial charge is 0.378 e. The van der Waals surface area contributed by atoms with Crippen molar-refractivity contribution < 1.29 is 9.53 Å². The van der Waals surface area contributed by atoms with Crippen LogP contribution in [0.4, 0.5) is 0 Å². The van der Waals surface area contributed by atoms with Crippen LogP contribution in [-0.2, 0) is 4.74 Å². The van der Waals surface area contributed by atoms with E-state index in [4.69, 9.17) is 16.3 Å². The number of nitrogens with zero attached hydrogens (tertiary/aromatic N) is 3. The molecule has 0 atom stereocenters. The Morgan fingerprint density at radius 1 is 1.30 bits per heavy atom. The van der Waals surface area contributed by atoms with Crippen molar-refractivity contribution in [2.45, 2.75) is 25.9 Å². The molecular weight excluding hydrogens is 314 g/mol. The number of halogens is 1. The fourth-order valence-electron chi connectivity index (χ4n) is 2.83. The monoisotopic (exact) mass is 333 g/mol. The maximum atomic E-state index is 12.6. The van der Waals surface area contributed by atoms with Gasteiger partial charge < -0.3 is 9.64 Å². The highest BCUT2D eigenvalue weighted by Gasteiger charge is 2.25. The van der Waals surface area contributed by atoms with Gasteiger partial charge >= 0.3 is 0 Å². The van der Waals surface area contributed by atoms with Crippen molar-refractivity contribution in [2.75, 3.05) is 19.7 Å². The Bertz CT molecular complexity index is 678. The lowest BCUT2D eigenvalue weighted by atomic mass is 10.1. The quantitative estimate of drug-likeness (QED) is 0.863. The lowest BCUT2D eigenvalue weighted by Crippen LogP contribution is -2.41. The first-order valence-corrected chi connectivity index (χ1v) is 8.28. The number of aromatic nitrogens is 2. The number of hydrogen-bond donors (Lipinski definition) is 0. The van der Waals surface area contributed by atoms with Crippen molar-refractivity contribution in [2.24, 2.45) is 0 Å². The van der Waals surface area contributed by atoms with Crippen molar-refractivity contribution in [1.82, 2.24) is 14.7 Å². The van der Waals surface area contributed by atoms with E-state index in [1.807, 2.05) is 30.0 Å². The number of likely N-dealkylation sites (tertiary alicyclic amines) is 1. The van der Waals surface area contributed by atoms with E-state index in [0.717, 1.165) is 25.1 Å². The van der Waals surface area contributed by atoms with E-state index >= 15 is 0 Å². The van der Waals surface area contributed by atoms with E-state index in [9.17, 15) is 4.79 Å². The summed E-state index contributed by atoms with van der Waals surface area (Å²) in [5.41, 5.74) is 1.21. The summed E-state index contributed by atoms with van der Waals surface area (Å²) in [4.78, 5) is 14.4. The number of para-hydroxylation sites is 1. The Morgan fingerprint density at radius 3 is 2.74 bits per heavy atom. The fraction of sp³-hybridized carbons (Fsp3) is 0.412. The van der Waals surface area contributed by atoms with Gasteiger partial charge in [-0.1, -0.05) is 23.7 Å². The molecule has 3 rings (SSSR count). The molecule has 1 aromatic carbocycles. The maximum absolute atomic E-state index is 12.6. The summed E-state index contributed by atoms with van der Waals surface area (Å²) in [6, 6.07) is 9.17. The van der Waals surface area contributed by atoms with Crippen LogP contribution >= 0.6 is 11.6 Å². The highest BCUT2D eigenvalue weighted by molar-refractivity contribution is 6.32. The predicted octanol–water partition coefficient (Wildman–Crippen LogP) is 3.17. The van der Waals surface area contributed by atoms with Crippen molar-refractivity contribution in [3.05, 3.63) is 47.2 Å². The van der Waals surface area contributed by atoms with Crippen molar-refractivity contribution in [3.8, 4) is 5.69 Å². The summed E-state index contributed by atoms with van der Waals surface area (Å²) in [6.45, 7) is 4.14. The Hall–Kier alpha value is -1.85. The molecule has 0 unspecified atom stereocenters. The number of piperidine rings is 1. The highest BCUT2D eigenvalue weighted by atomic mass is 35.5. The van der Waals surface area contributed by atoms with Crippen LogP contribution in [0.15, 0.2) is 36.5 Å². The molecule has 2 heterocycles. The van der Waals surface area contributed by atoms with E-state index in [-0.39, 0.29) is 12.0 Å². The van der Waals surface area contributed by atoms with Crippen LogP contribution in [0.2, 0.25) is 5.02 Å². The highest BCUT2D eigenvalue weighted by Crippen LogP contribution is 2.20. The van der Waals surface area contributed by atoms with Gasteiger partial charge in [-0.25, -0.2) is 4.68 Å². The minimum Gasteiger partial charge on any atom is -0.378 e. The number of benzene rings is 1. The number of ether oxygens (including phenoxy) is 1. The average Bonchev–Trinajstić information content (AvgIpc) is 3.05. The summed E-state index contributed by atoms with van der Waals surface area (Å²) in [5.74, 6) is -0.0363. The number of amides is 1. The second-order valence-corrected chi connectivity index (χ2v) is 5.95. The molecule has 1 aliphatic heterocycles. The first-order chi connectivity index (χ1) is 11.2. The van der Waals surface area contributed by atoms with E-state index in [1.165, 1.54) is 0 Å². The second kappa shape index (κ2) is 7.15. The molecule has 1 saturated heterocycles. The fourth-order valence-corrected chi connectivity index (χ4v) is 3.06. The van der Waals surface area contributed by atoms with Gasteiger partial charge in [0.25, 0.3) is 5.91 Å². The van der Waals surface area contributed by atoms with E-state index in [2.05, 4.69) is 5.10 Å². The Labute approximate surface area is 140 Å². The molecule has 0 radical (unpaired) electrons. The molecule has 0 N–H and O–H groups in total. The maximum Gasteiger partial charge on any atom is 0.274 e. The second-order valence-electron chi connectivity index (χ2n) is 5.54. The molecule has 1 aromatic heterocycles. The zero-order chi connectivity index (χ0) is 16.2. The number of rotatable bonds is 4. The smallest absolute Gasteiger partial charge is 0.274 e. The summed E-state index contributed by atoms with van der Waals surface area (Å²) < 4.78 is 7.26. The first kappa shape index (κ1) is 16.0. The summed E-state index contributed by atoms with van der Waals surface area (Å²) in [7, 11) is 0. The summed E-state index contributed by atoms with van der Waals surface area (Å²) in [6.07, 6.45) is 3.79. The zero-order valence-electron chi connectivity index (χ0n) is 13.1. The van der Waals surface area contributed by atoms with Gasteiger partial charge in [0.05, 0.1) is 16.8 Å². The molecule has 1 fully saturated rings. The van der Waals surface area contributed by atoms with Gasteiger partial charge in [0.15, 0.2) is 5.69 Å². The van der Waals surface area contributed by atoms with Gasteiger partial charge in [-0.05, 0) is 38.0 Å². The van der Waals surface area contributed by atoms with E-state index < -0.39 is 0 Å². The third-order valence-electron chi connectivity index (χ3n) is 4.04.